The third-order valence-electron chi connectivity index (χ3n) is 9.33. The summed E-state index contributed by atoms with van der Waals surface area (Å²) in [6.07, 6.45) is 1.44. The molecule has 1 N–H and O–H groups in total. The third-order valence-corrected chi connectivity index (χ3v) is 11.9. The fraction of sp³-hybridized carbons (Fsp3) is 0.389. The van der Waals surface area contributed by atoms with E-state index in [1.807, 2.05) is 61.7 Å². The van der Waals surface area contributed by atoms with Gasteiger partial charge in [-0.05, 0) is 55.0 Å². The first-order valence-electron chi connectivity index (χ1n) is 15.7. The molecule has 3 aromatic carbocycles. The lowest BCUT2D eigenvalue weighted by atomic mass is 9.52. The van der Waals surface area contributed by atoms with Gasteiger partial charge in [0.05, 0.1) is 25.4 Å². The van der Waals surface area contributed by atoms with Crippen LogP contribution in [0.25, 0.3) is 10.1 Å². The minimum atomic E-state index is -3.69. The Balaban J connectivity index is 1.34. The normalized spacial score (nSPS) is 17.8. The van der Waals surface area contributed by atoms with E-state index in [9.17, 15) is 18.0 Å². The zero-order valence-electron chi connectivity index (χ0n) is 27.1. The van der Waals surface area contributed by atoms with Crippen molar-refractivity contribution in [1.29, 1.82) is 0 Å². The summed E-state index contributed by atoms with van der Waals surface area (Å²) in [5.74, 6) is 0.265. The van der Waals surface area contributed by atoms with Crippen LogP contribution in [0, 0.1) is 17.3 Å². The molecule has 47 heavy (non-hydrogen) atoms. The second-order valence-electron chi connectivity index (χ2n) is 12.3. The van der Waals surface area contributed by atoms with E-state index < -0.39 is 21.4 Å². The van der Waals surface area contributed by atoms with Gasteiger partial charge in [-0.2, -0.15) is 0 Å². The van der Waals surface area contributed by atoms with Crippen molar-refractivity contribution in [2.75, 3.05) is 26.5 Å². The van der Waals surface area contributed by atoms with Crippen LogP contribution >= 0.6 is 22.9 Å². The fourth-order valence-corrected chi connectivity index (χ4v) is 8.81. The summed E-state index contributed by atoms with van der Waals surface area (Å²) in [4.78, 5) is 30.5. The number of hydrogen-bond acceptors (Lipinski definition) is 7. The lowest BCUT2D eigenvalue weighted by molar-refractivity contribution is -0.157. The van der Waals surface area contributed by atoms with Crippen molar-refractivity contribution in [3.8, 4) is 11.5 Å². The Morgan fingerprint density at radius 1 is 1.06 bits per heavy atom. The Morgan fingerprint density at radius 2 is 1.85 bits per heavy atom. The standard InChI is InChI=1S/C36H41ClN2O6S2/c1-24(2)36(16-15-31(36)34(40)30-23-46-33-12-6-5-11-29(30)33)35(41)39(22-25-9-7-10-27(37)19-25)17-8-18-47(42,43)38-21-26-13-14-28(44-3)20-32(26)45-4/h5-7,9-14,19-20,23-24,31,38H,8,15-18,21-22H2,1-4H3. The van der Waals surface area contributed by atoms with Crippen LogP contribution < -0.4 is 14.2 Å². The molecule has 0 spiro atoms. The summed E-state index contributed by atoms with van der Waals surface area (Å²) in [7, 11) is -0.619. The number of Topliss-reactive ketones (excluding diaryl/α,β-unsaturated/α-hetero) is 1. The smallest absolute Gasteiger partial charge is 0.230 e. The molecule has 0 bridgehead atoms. The number of methoxy groups -OCH3 is 2. The number of benzene rings is 3. The number of nitrogens with one attached hydrogen (secondary N) is 1. The van der Waals surface area contributed by atoms with Gasteiger partial charge in [0, 0.05) is 63.2 Å². The van der Waals surface area contributed by atoms with Gasteiger partial charge < -0.3 is 14.4 Å². The average Bonchev–Trinajstić information content (AvgIpc) is 3.47. The number of rotatable bonds is 15. The molecule has 1 aromatic heterocycles. The van der Waals surface area contributed by atoms with Gasteiger partial charge in [0.2, 0.25) is 15.9 Å². The number of sulfonamides is 1. The van der Waals surface area contributed by atoms with Gasteiger partial charge in [-0.25, -0.2) is 13.1 Å². The van der Waals surface area contributed by atoms with Crippen molar-refractivity contribution in [2.45, 2.75) is 46.2 Å². The predicted molar refractivity (Wildman–Crippen MR) is 188 cm³/mol. The van der Waals surface area contributed by atoms with Crippen LogP contribution in [0.5, 0.6) is 11.5 Å². The predicted octanol–water partition coefficient (Wildman–Crippen LogP) is 7.35. The molecule has 1 heterocycles. The van der Waals surface area contributed by atoms with Crippen molar-refractivity contribution in [3.63, 3.8) is 0 Å². The quantitative estimate of drug-likeness (QED) is 0.131. The first kappa shape index (κ1) is 34.9. The molecule has 1 aliphatic carbocycles. The largest absolute Gasteiger partial charge is 0.497 e. The first-order valence-corrected chi connectivity index (χ1v) is 18.6. The molecule has 250 valence electrons. The molecule has 8 nitrogen and oxygen atoms in total. The highest BCUT2D eigenvalue weighted by molar-refractivity contribution is 7.89. The maximum atomic E-state index is 14.7. The number of fused-ring (bicyclic) bond motifs is 1. The van der Waals surface area contributed by atoms with Crippen molar-refractivity contribution >= 4 is 54.7 Å². The Labute approximate surface area is 286 Å². The van der Waals surface area contributed by atoms with Crippen LogP contribution in [0.4, 0.5) is 0 Å². The highest BCUT2D eigenvalue weighted by Gasteiger charge is 2.58. The molecular formula is C36H41ClN2O6S2. The zero-order valence-corrected chi connectivity index (χ0v) is 29.5. The van der Waals surface area contributed by atoms with Crippen LogP contribution in [0.1, 0.15) is 54.6 Å². The summed E-state index contributed by atoms with van der Waals surface area (Å²) in [5.41, 5.74) is 1.29. The van der Waals surface area contributed by atoms with Gasteiger partial charge in [0.15, 0.2) is 5.78 Å². The minimum Gasteiger partial charge on any atom is -0.497 e. The van der Waals surface area contributed by atoms with E-state index >= 15 is 0 Å². The minimum absolute atomic E-state index is 0.000747. The summed E-state index contributed by atoms with van der Waals surface area (Å²) in [6, 6.07) is 20.4. The van der Waals surface area contributed by atoms with E-state index in [0.29, 0.717) is 40.5 Å². The number of carbonyl (C=O) groups is 2. The van der Waals surface area contributed by atoms with Crippen molar-refractivity contribution < 1.29 is 27.5 Å². The van der Waals surface area contributed by atoms with E-state index in [1.165, 1.54) is 18.4 Å². The molecule has 0 radical (unpaired) electrons. The van der Waals surface area contributed by atoms with Crippen molar-refractivity contribution in [1.82, 2.24) is 9.62 Å². The second kappa shape index (κ2) is 14.8. The van der Waals surface area contributed by atoms with Crippen molar-refractivity contribution in [3.05, 3.63) is 93.8 Å². The van der Waals surface area contributed by atoms with Gasteiger partial charge in [0.25, 0.3) is 0 Å². The average molecular weight is 697 g/mol. The number of carbonyl (C=O) groups excluding carboxylic acids is 2. The maximum absolute atomic E-state index is 14.7. The van der Waals surface area contributed by atoms with E-state index in [0.717, 1.165) is 15.6 Å². The number of ether oxygens (including phenoxy) is 2. The molecule has 0 saturated heterocycles. The molecular weight excluding hydrogens is 656 g/mol. The van der Waals surface area contributed by atoms with Crippen molar-refractivity contribution in [2.24, 2.45) is 17.3 Å². The molecule has 5 rings (SSSR count). The third kappa shape index (κ3) is 7.51. The monoisotopic (exact) mass is 696 g/mol. The van der Waals surface area contributed by atoms with Gasteiger partial charge in [0.1, 0.15) is 11.5 Å². The van der Waals surface area contributed by atoms with Crippen LogP contribution in [0.2, 0.25) is 5.02 Å². The Kier molecular flexibility index (Phi) is 11.0. The Morgan fingerprint density at radius 3 is 2.53 bits per heavy atom. The van der Waals surface area contributed by atoms with Crippen LogP contribution in [0.15, 0.2) is 72.1 Å². The van der Waals surface area contributed by atoms with E-state index in [2.05, 4.69) is 4.72 Å². The van der Waals surface area contributed by atoms with Gasteiger partial charge >= 0.3 is 0 Å². The van der Waals surface area contributed by atoms with E-state index in [1.54, 1.807) is 36.3 Å². The number of nitrogens with zero attached hydrogens (tertiary/aromatic N) is 1. The van der Waals surface area contributed by atoms with Crippen LogP contribution in [-0.4, -0.2) is 51.5 Å². The van der Waals surface area contributed by atoms with Crippen LogP contribution in [0.3, 0.4) is 0 Å². The molecule has 4 aromatic rings. The number of ketones is 1. The number of halogens is 1. The molecule has 1 aliphatic rings. The lowest BCUT2D eigenvalue weighted by Gasteiger charge is -2.52. The first-order chi connectivity index (χ1) is 22.5. The maximum Gasteiger partial charge on any atom is 0.230 e. The molecule has 1 fully saturated rings. The SMILES string of the molecule is COc1ccc(CNS(=O)(=O)CCCN(Cc2cccc(Cl)c2)C(=O)C2(C(C)C)CCC2C(=O)c2csc3ccccc23)c(OC)c1. The van der Waals surface area contributed by atoms with Gasteiger partial charge in [-0.1, -0.05) is 61.8 Å². The number of thiophene rings is 1. The molecule has 0 aliphatic heterocycles. The van der Waals surface area contributed by atoms with E-state index in [4.69, 9.17) is 21.1 Å². The summed E-state index contributed by atoms with van der Waals surface area (Å²) < 4.78 is 40.5. The number of amides is 1. The highest BCUT2D eigenvalue weighted by atomic mass is 35.5. The fourth-order valence-electron chi connectivity index (χ4n) is 6.62. The second-order valence-corrected chi connectivity index (χ2v) is 15.6. The Hall–Kier alpha value is -3.44. The molecule has 1 saturated carbocycles. The molecule has 11 heteroatoms. The summed E-state index contributed by atoms with van der Waals surface area (Å²) in [5, 5.41) is 3.37. The summed E-state index contributed by atoms with van der Waals surface area (Å²) in [6.45, 7) is 4.52. The summed E-state index contributed by atoms with van der Waals surface area (Å²) >= 11 is 7.83. The Bertz CT molecular complexity index is 1860. The molecule has 2 unspecified atom stereocenters. The molecule has 2 atom stereocenters. The van der Waals surface area contributed by atoms with Gasteiger partial charge in [-0.15, -0.1) is 11.3 Å². The zero-order chi connectivity index (χ0) is 33.8. The van der Waals surface area contributed by atoms with E-state index in [-0.39, 0.29) is 49.4 Å². The highest BCUT2D eigenvalue weighted by Crippen LogP contribution is 2.55. The van der Waals surface area contributed by atoms with Crippen LogP contribution in [-0.2, 0) is 27.9 Å². The van der Waals surface area contributed by atoms with Gasteiger partial charge in [-0.3, -0.25) is 9.59 Å². The molecule has 1 amide bonds. The number of hydrogen-bond donors (Lipinski definition) is 1. The topological polar surface area (TPSA) is 102 Å². The lowest BCUT2D eigenvalue weighted by Crippen LogP contribution is -2.58.